The lowest BCUT2D eigenvalue weighted by Crippen LogP contribution is -2.19. The zero-order valence-electron chi connectivity index (χ0n) is 14.5. The number of carbonyl (C=O) groups is 1. The zero-order valence-corrected chi connectivity index (χ0v) is 15.3. The van der Waals surface area contributed by atoms with E-state index in [1.165, 1.54) is 0 Å². The van der Waals surface area contributed by atoms with Crippen molar-refractivity contribution in [2.45, 2.75) is 25.7 Å². The number of ketones is 1. The Hall–Kier alpha value is -1.72. The first-order valence-electron chi connectivity index (χ1n) is 8.07. The van der Waals surface area contributed by atoms with Crippen molar-refractivity contribution < 1.29 is 19.0 Å². The van der Waals surface area contributed by atoms with E-state index in [1.807, 2.05) is 18.2 Å². The van der Waals surface area contributed by atoms with Gasteiger partial charge in [-0.05, 0) is 47.8 Å². The number of methoxy groups -OCH3 is 3. The molecule has 0 saturated carbocycles. The third-order valence-corrected chi connectivity index (χ3v) is 4.83. The summed E-state index contributed by atoms with van der Waals surface area (Å²) in [7, 11) is 4.91. The molecule has 0 bridgehead atoms. The number of hydrogen-bond acceptors (Lipinski definition) is 5. The lowest BCUT2D eigenvalue weighted by molar-refractivity contribution is -0.114. The molecule has 2 rings (SSSR count). The van der Waals surface area contributed by atoms with E-state index in [1.54, 1.807) is 27.4 Å². The minimum atomic E-state index is 0.0995. The summed E-state index contributed by atoms with van der Waals surface area (Å²) in [5.74, 6) is 1.62. The molecule has 0 fully saturated rings. The summed E-state index contributed by atoms with van der Waals surface area (Å²) < 4.78 is 16.1. The van der Waals surface area contributed by atoms with Gasteiger partial charge in [0.1, 0.15) is 0 Å². The van der Waals surface area contributed by atoms with Crippen LogP contribution >= 0.6 is 12.2 Å². The monoisotopic (exact) mass is 348 g/mol. The Morgan fingerprint density at radius 2 is 1.96 bits per heavy atom. The van der Waals surface area contributed by atoms with Crippen molar-refractivity contribution in [1.82, 2.24) is 0 Å². The smallest absolute Gasteiger partial charge is 0.168 e. The number of carbonyl (C=O) groups excluding carboxylic acids is 1. The van der Waals surface area contributed by atoms with Crippen molar-refractivity contribution in [3.8, 4) is 11.5 Å². The largest absolute Gasteiger partial charge is 0.493 e. The highest BCUT2D eigenvalue weighted by molar-refractivity contribution is 7.80. The van der Waals surface area contributed by atoms with E-state index in [2.05, 4.69) is 0 Å². The van der Waals surface area contributed by atoms with Gasteiger partial charge in [-0.15, -0.1) is 0 Å². The number of thiocarbonyl (C=S) groups is 1. The topological polar surface area (TPSA) is 44.8 Å². The van der Waals surface area contributed by atoms with Crippen molar-refractivity contribution in [2.75, 3.05) is 27.9 Å². The van der Waals surface area contributed by atoms with Gasteiger partial charge in [-0.1, -0.05) is 24.4 Å². The summed E-state index contributed by atoms with van der Waals surface area (Å²) in [6.07, 6.45) is 4.42. The van der Waals surface area contributed by atoms with Gasteiger partial charge < -0.3 is 14.2 Å². The lowest BCUT2D eigenvalue weighted by Gasteiger charge is -2.23. The van der Waals surface area contributed by atoms with Crippen molar-refractivity contribution >= 4 is 28.4 Å². The number of rotatable bonds is 6. The van der Waals surface area contributed by atoms with Crippen molar-refractivity contribution in [2.24, 2.45) is 5.92 Å². The molecular weight excluding hydrogens is 324 g/mol. The number of allylic oxidation sites excluding steroid dienone is 2. The van der Waals surface area contributed by atoms with Crippen LogP contribution in [0.1, 0.15) is 31.2 Å². The van der Waals surface area contributed by atoms with Crippen LogP contribution in [0.2, 0.25) is 0 Å². The molecule has 0 aromatic heterocycles. The van der Waals surface area contributed by atoms with Gasteiger partial charge in [0.15, 0.2) is 17.3 Å². The van der Waals surface area contributed by atoms with Crippen LogP contribution < -0.4 is 9.47 Å². The highest BCUT2D eigenvalue weighted by Crippen LogP contribution is 2.39. The zero-order chi connectivity index (χ0) is 17.5. The molecule has 130 valence electrons. The number of para-hydroxylation sites is 1. The summed E-state index contributed by atoms with van der Waals surface area (Å²) >= 11 is 5.56. The van der Waals surface area contributed by atoms with Gasteiger partial charge in [-0.2, -0.15) is 0 Å². The fraction of sp³-hybridized carbons (Fsp3) is 0.474. The highest BCUT2D eigenvalue weighted by atomic mass is 32.1. The molecule has 0 spiro atoms. The third kappa shape index (κ3) is 4.42. The number of hydrogen-bond donors (Lipinski definition) is 0. The second kappa shape index (κ2) is 8.94. The summed E-state index contributed by atoms with van der Waals surface area (Å²) in [6.45, 7) is 0.654. The molecule has 24 heavy (non-hydrogen) atoms. The summed E-state index contributed by atoms with van der Waals surface area (Å²) in [5.41, 5.74) is 1.83. The molecule has 1 aromatic carbocycles. The standard InChI is InChI=1S/C19H24O4S/c1-21-10-9-13-11-14(12-15(20)7-8-18(13)24)16-5-4-6-17(22-2)19(16)23-3/h4-6,12-13H,7-11H2,1-3H3/b14-12+. The van der Waals surface area contributed by atoms with Crippen LogP contribution in [0, 0.1) is 5.92 Å². The Morgan fingerprint density at radius 3 is 2.62 bits per heavy atom. The molecule has 0 aliphatic heterocycles. The number of ether oxygens (including phenoxy) is 3. The molecule has 1 aliphatic carbocycles. The fourth-order valence-electron chi connectivity index (χ4n) is 3.01. The van der Waals surface area contributed by atoms with E-state index in [0.717, 1.165) is 22.4 Å². The van der Waals surface area contributed by atoms with Crippen LogP contribution in [0.4, 0.5) is 0 Å². The van der Waals surface area contributed by atoms with Crippen LogP contribution in [-0.2, 0) is 9.53 Å². The quantitative estimate of drug-likeness (QED) is 0.731. The summed E-state index contributed by atoms with van der Waals surface area (Å²) in [6, 6.07) is 5.71. The van der Waals surface area contributed by atoms with Gasteiger partial charge in [0.05, 0.1) is 14.2 Å². The molecule has 1 aromatic rings. The van der Waals surface area contributed by atoms with Crippen LogP contribution in [0.15, 0.2) is 24.3 Å². The third-order valence-electron chi connectivity index (χ3n) is 4.29. The van der Waals surface area contributed by atoms with Crippen molar-refractivity contribution in [1.29, 1.82) is 0 Å². The van der Waals surface area contributed by atoms with Gasteiger partial charge in [-0.3, -0.25) is 4.79 Å². The fourth-order valence-corrected chi connectivity index (χ4v) is 3.31. The predicted octanol–water partition coefficient (Wildman–Crippen LogP) is 3.86. The Kier molecular flexibility index (Phi) is 6.94. The van der Waals surface area contributed by atoms with E-state index < -0.39 is 0 Å². The van der Waals surface area contributed by atoms with E-state index in [0.29, 0.717) is 37.4 Å². The van der Waals surface area contributed by atoms with E-state index >= 15 is 0 Å². The molecule has 5 heteroatoms. The molecule has 1 atom stereocenters. The second-order valence-corrected chi connectivity index (χ2v) is 6.35. The average molecular weight is 348 g/mol. The van der Waals surface area contributed by atoms with Gasteiger partial charge in [-0.25, -0.2) is 0 Å². The SMILES string of the molecule is COCCC1C/C(c2cccc(OC)c2OC)=C\C(=O)CCC1=S. The average Bonchev–Trinajstić information content (AvgIpc) is 2.60. The Labute approximate surface area is 148 Å². The number of benzene rings is 1. The maximum atomic E-state index is 12.2. The first kappa shape index (κ1) is 18.6. The normalized spacial score (nSPS) is 20.8. The van der Waals surface area contributed by atoms with Crippen LogP contribution in [0.3, 0.4) is 0 Å². The molecule has 0 N–H and O–H groups in total. The lowest BCUT2D eigenvalue weighted by atomic mass is 9.85. The molecule has 1 aliphatic rings. The summed E-state index contributed by atoms with van der Waals surface area (Å²) in [4.78, 5) is 13.2. The van der Waals surface area contributed by atoms with E-state index in [4.69, 9.17) is 26.4 Å². The van der Waals surface area contributed by atoms with Gasteiger partial charge in [0.2, 0.25) is 0 Å². The molecule has 0 radical (unpaired) electrons. The molecule has 0 saturated heterocycles. The first-order chi connectivity index (χ1) is 11.6. The molecule has 4 nitrogen and oxygen atoms in total. The predicted molar refractivity (Wildman–Crippen MR) is 99.0 cm³/mol. The molecular formula is C19H24O4S. The van der Waals surface area contributed by atoms with Crippen molar-refractivity contribution in [3.05, 3.63) is 29.8 Å². The Balaban J connectivity index is 2.43. The Morgan fingerprint density at radius 1 is 1.17 bits per heavy atom. The maximum absolute atomic E-state index is 12.2. The first-order valence-corrected chi connectivity index (χ1v) is 8.48. The van der Waals surface area contributed by atoms with Crippen molar-refractivity contribution in [3.63, 3.8) is 0 Å². The van der Waals surface area contributed by atoms with E-state index in [9.17, 15) is 4.79 Å². The van der Waals surface area contributed by atoms with Gasteiger partial charge in [0.25, 0.3) is 0 Å². The Bertz CT molecular complexity index is 636. The van der Waals surface area contributed by atoms with Crippen LogP contribution in [0.5, 0.6) is 11.5 Å². The van der Waals surface area contributed by atoms with Crippen LogP contribution in [0.25, 0.3) is 5.57 Å². The molecule has 0 amide bonds. The highest BCUT2D eigenvalue weighted by Gasteiger charge is 2.23. The minimum absolute atomic E-state index is 0.0995. The van der Waals surface area contributed by atoms with Crippen LogP contribution in [-0.4, -0.2) is 38.6 Å². The van der Waals surface area contributed by atoms with Gasteiger partial charge in [0, 0.05) is 25.7 Å². The summed E-state index contributed by atoms with van der Waals surface area (Å²) in [5, 5.41) is 0. The second-order valence-electron chi connectivity index (χ2n) is 5.83. The maximum Gasteiger partial charge on any atom is 0.168 e. The molecule has 0 heterocycles. The minimum Gasteiger partial charge on any atom is -0.493 e. The van der Waals surface area contributed by atoms with E-state index in [-0.39, 0.29) is 11.7 Å². The molecule has 1 unspecified atom stereocenters. The van der Waals surface area contributed by atoms with Gasteiger partial charge >= 0.3 is 0 Å².